The highest BCUT2D eigenvalue weighted by molar-refractivity contribution is 6.31. The van der Waals surface area contributed by atoms with Gasteiger partial charge in [0.05, 0.1) is 6.33 Å². The summed E-state index contributed by atoms with van der Waals surface area (Å²) in [7, 11) is 1.84. The van der Waals surface area contributed by atoms with Gasteiger partial charge in [-0.15, -0.1) is 0 Å². The van der Waals surface area contributed by atoms with Gasteiger partial charge in [0.25, 0.3) is 5.56 Å². The van der Waals surface area contributed by atoms with Gasteiger partial charge in [0.1, 0.15) is 17.9 Å². The molecule has 2 aromatic heterocycles. The number of hydrogen-bond acceptors (Lipinski definition) is 4. The van der Waals surface area contributed by atoms with Gasteiger partial charge < -0.3 is 9.88 Å². The quantitative estimate of drug-likeness (QED) is 0.752. The largest absolute Gasteiger partial charge is 0.350 e. The minimum atomic E-state index is -0.354. The number of amides is 1. The third kappa shape index (κ3) is 4.13. The summed E-state index contributed by atoms with van der Waals surface area (Å²) in [6, 6.07) is 10.2. The molecule has 0 unspecified atom stereocenters. The van der Waals surface area contributed by atoms with Gasteiger partial charge in [0.15, 0.2) is 0 Å². The van der Waals surface area contributed by atoms with Crippen molar-refractivity contribution in [2.75, 3.05) is 0 Å². The van der Waals surface area contributed by atoms with E-state index in [9.17, 15) is 9.59 Å². The fourth-order valence-electron chi connectivity index (χ4n) is 2.27. The molecular weight excluding hydrogens is 342 g/mol. The van der Waals surface area contributed by atoms with Gasteiger partial charge in [-0.3, -0.25) is 9.59 Å². The Labute approximate surface area is 148 Å². The van der Waals surface area contributed by atoms with Gasteiger partial charge in [-0.2, -0.15) is 5.10 Å². The average molecular weight is 358 g/mol. The molecule has 0 saturated heterocycles. The zero-order valence-corrected chi connectivity index (χ0v) is 14.3. The predicted octanol–water partition coefficient (Wildman–Crippen LogP) is 1.61. The molecule has 0 fully saturated rings. The number of halogens is 1. The van der Waals surface area contributed by atoms with Gasteiger partial charge in [0.2, 0.25) is 5.91 Å². The average Bonchev–Trinajstić information content (AvgIpc) is 3.02. The van der Waals surface area contributed by atoms with Crippen molar-refractivity contribution in [3.63, 3.8) is 0 Å². The number of nitrogens with one attached hydrogen (secondary N) is 1. The molecule has 2 heterocycles. The minimum Gasteiger partial charge on any atom is -0.350 e. The van der Waals surface area contributed by atoms with Crippen LogP contribution in [0.3, 0.4) is 0 Å². The van der Waals surface area contributed by atoms with Gasteiger partial charge in [-0.05, 0) is 17.7 Å². The molecule has 7 nitrogen and oxygen atoms in total. The van der Waals surface area contributed by atoms with E-state index >= 15 is 0 Å². The van der Waals surface area contributed by atoms with E-state index in [-0.39, 0.29) is 24.6 Å². The first-order chi connectivity index (χ1) is 12.0. The van der Waals surface area contributed by atoms with E-state index in [2.05, 4.69) is 15.4 Å². The third-order valence-corrected chi connectivity index (χ3v) is 3.93. The van der Waals surface area contributed by atoms with Crippen molar-refractivity contribution in [1.82, 2.24) is 24.6 Å². The molecule has 1 N–H and O–H groups in total. The number of imidazole rings is 1. The molecule has 0 saturated carbocycles. The number of carbonyl (C=O) groups excluding carboxylic acids is 1. The molecule has 0 aliphatic heterocycles. The number of hydrogen-bond donors (Lipinski definition) is 1. The molecule has 8 heteroatoms. The van der Waals surface area contributed by atoms with Crippen LogP contribution in [0, 0.1) is 0 Å². The lowest BCUT2D eigenvalue weighted by atomic mass is 10.2. The standard InChI is InChI=1S/C17H16ClN5O2/c1-22-9-15(20-11-22)14-6-7-17(25)23(21-14)10-16(24)19-8-12-4-2-3-5-13(12)18/h2-7,9,11H,8,10H2,1H3,(H,19,24). The maximum Gasteiger partial charge on any atom is 0.267 e. The second-order valence-corrected chi connectivity index (χ2v) is 5.91. The fourth-order valence-corrected chi connectivity index (χ4v) is 2.47. The normalized spacial score (nSPS) is 10.6. The van der Waals surface area contributed by atoms with E-state index in [0.29, 0.717) is 16.4 Å². The molecule has 0 bridgehead atoms. The Morgan fingerprint density at radius 2 is 2.00 bits per heavy atom. The number of benzene rings is 1. The summed E-state index contributed by atoms with van der Waals surface area (Å²) < 4.78 is 2.90. The summed E-state index contributed by atoms with van der Waals surface area (Å²) in [5.74, 6) is -0.326. The highest BCUT2D eigenvalue weighted by atomic mass is 35.5. The van der Waals surface area contributed by atoms with Crippen LogP contribution in [0.4, 0.5) is 0 Å². The van der Waals surface area contributed by atoms with Crippen LogP contribution in [0.2, 0.25) is 5.02 Å². The Morgan fingerprint density at radius 1 is 1.20 bits per heavy atom. The summed E-state index contributed by atoms with van der Waals surface area (Å²) in [5, 5.41) is 7.52. The van der Waals surface area contributed by atoms with Crippen molar-refractivity contribution in [3.8, 4) is 11.4 Å². The molecular formula is C17H16ClN5O2. The molecule has 0 aliphatic carbocycles. The maximum atomic E-state index is 12.1. The molecule has 3 rings (SSSR count). The monoisotopic (exact) mass is 357 g/mol. The summed E-state index contributed by atoms with van der Waals surface area (Å²) in [6.45, 7) is 0.108. The van der Waals surface area contributed by atoms with Crippen molar-refractivity contribution < 1.29 is 4.79 Å². The summed E-state index contributed by atoms with van der Waals surface area (Å²) in [4.78, 5) is 28.3. The van der Waals surface area contributed by atoms with E-state index in [4.69, 9.17) is 11.6 Å². The summed E-state index contributed by atoms with van der Waals surface area (Å²) in [6.07, 6.45) is 3.43. The third-order valence-electron chi connectivity index (χ3n) is 3.56. The van der Waals surface area contributed by atoms with E-state index in [1.807, 2.05) is 25.2 Å². The fraction of sp³-hybridized carbons (Fsp3) is 0.176. The lowest BCUT2D eigenvalue weighted by Crippen LogP contribution is -2.33. The Balaban J connectivity index is 1.70. The Hall–Kier alpha value is -2.93. The predicted molar refractivity (Wildman–Crippen MR) is 94.0 cm³/mol. The van der Waals surface area contributed by atoms with Crippen LogP contribution in [-0.2, 0) is 24.9 Å². The van der Waals surface area contributed by atoms with Crippen LogP contribution in [0.15, 0.2) is 53.7 Å². The van der Waals surface area contributed by atoms with Gasteiger partial charge in [0, 0.05) is 30.9 Å². The lowest BCUT2D eigenvalue weighted by molar-refractivity contribution is -0.122. The number of aryl methyl sites for hydroxylation is 1. The van der Waals surface area contributed by atoms with E-state index in [0.717, 1.165) is 10.2 Å². The first-order valence-corrected chi connectivity index (χ1v) is 7.97. The zero-order chi connectivity index (χ0) is 17.8. The molecule has 0 atom stereocenters. The number of aromatic nitrogens is 4. The first-order valence-electron chi connectivity index (χ1n) is 7.59. The van der Waals surface area contributed by atoms with E-state index in [1.165, 1.54) is 6.07 Å². The smallest absolute Gasteiger partial charge is 0.267 e. The maximum absolute atomic E-state index is 12.1. The molecule has 3 aromatic rings. The van der Waals surface area contributed by atoms with Gasteiger partial charge in [-0.1, -0.05) is 29.8 Å². The lowest BCUT2D eigenvalue weighted by Gasteiger charge is -2.08. The minimum absolute atomic E-state index is 0.177. The number of rotatable bonds is 5. The summed E-state index contributed by atoms with van der Waals surface area (Å²) in [5.41, 5.74) is 1.61. The van der Waals surface area contributed by atoms with E-state index in [1.54, 1.807) is 29.2 Å². The zero-order valence-electron chi connectivity index (χ0n) is 13.5. The molecule has 0 radical (unpaired) electrons. The van der Waals surface area contributed by atoms with Crippen LogP contribution < -0.4 is 10.9 Å². The van der Waals surface area contributed by atoms with Gasteiger partial charge in [-0.25, -0.2) is 9.67 Å². The molecule has 1 amide bonds. The molecule has 0 aliphatic rings. The van der Waals surface area contributed by atoms with Crippen molar-refractivity contribution in [3.05, 3.63) is 69.9 Å². The second-order valence-electron chi connectivity index (χ2n) is 5.51. The Bertz CT molecular complexity index is 963. The highest BCUT2D eigenvalue weighted by Crippen LogP contribution is 2.14. The Morgan fingerprint density at radius 3 is 2.72 bits per heavy atom. The molecule has 25 heavy (non-hydrogen) atoms. The summed E-state index contributed by atoms with van der Waals surface area (Å²) >= 11 is 6.06. The topological polar surface area (TPSA) is 81.8 Å². The first kappa shape index (κ1) is 16.9. The highest BCUT2D eigenvalue weighted by Gasteiger charge is 2.10. The van der Waals surface area contributed by atoms with Gasteiger partial charge >= 0.3 is 0 Å². The molecule has 1 aromatic carbocycles. The number of carbonyl (C=O) groups is 1. The molecule has 0 spiro atoms. The van der Waals surface area contributed by atoms with Crippen LogP contribution in [0.25, 0.3) is 11.4 Å². The Kier molecular flexibility index (Phi) is 4.95. The van der Waals surface area contributed by atoms with Crippen LogP contribution in [0.5, 0.6) is 0 Å². The number of nitrogens with zero attached hydrogens (tertiary/aromatic N) is 4. The van der Waals surface area contributed by atoms with Crippen molar-refractivity contribution in [2.45, 2.75) is 13.1 Å². The SMILES string of the molecule is Cn1cnc(-c2ccc(=O)n(CC(=O)NCc3ccccc3Cl)n2)c1. The van der Waals surface area contributed by atoms with Crippen LogP contribution in [-0.4, -0.2) is 25.2 Å². The molecule has 128 valence electrons. The van der Waals surface area contributed by atoms with Crippen molar-refractivity contribution >= 4 is 17.5 Å². The van der Waals surface area contributed by atoms with Crippen LogP contribution in [0.1, 0.15) is 5.56 Å². The second kappa shape index (κ2) is 7.31. The van der Waals surface area contributed by atoms with Crippen molar-refractivity contribution in [1.29, 1.82) is 0 Å². The van der Waals surface area contributed by atoms with Crippen molar-refractivity contribution in [2.24, 2.45) is 7.05 Å². The van der Waals surface area contributed by atoms with E-state index < -0.39 is 0 Å². The van der Waals surface area contributed by atoms with Crippen LogP contribution >= 0.6 is 11.6 Å².